The Kier molecular flexibility index (Phi) is 6.52. The fraction of sp³-hybridized carbons (Fsp3) is 0.846. The van der Waals surface area contributed by atoms with E-state index in [1.165, 1.54) is 7.11 Å². The van der Waals surface area contributed by atoms with Gasteiger partial charge in [0.05, 0.1) is 7.11 Å². The number of amides is 1. The molecular weight excluding hydrogens is 297 g/mol. The SMILES string of the molecule is CNC(CC1CC2(CC[N-]CC2)NC1=O)C(=O)OC.[V]. The minimum atomic E-state index is -0.413. The van der Waals surface area contributed by atoms with Crippen molar-refractivity contribution in [2.24, 2.45) is 5.92 Å². The van der Waals surface area contributed by atoms with E-state index in [0.29, 0.717) is 6.42 Å². The molecule has 0 bridgehead atoms. The molecule has 2 heterocycles. The zero-order valence-corrected chi connectivity index (χ0v) is 13.4. The molecule has 1 spiro atoms. The summed E-state index contributed by atoms with van der Waals surface area (Å²) in [5, 5.41) is 10.4. The fourth-order valence-electron chi connectivity index (χ4n) is 3.08. The molecule has 20 heavy (non-hydrogen) atoms. The molecule has 0 aromatic heterocycles. The minimum Gasteiger partial charge on any atom is -0.662 e. The molecule has 1 amide bonds. The summed E-state index contributed by atoms with van der Waals surface area (Å²) in [5.74, 6) is -0.365. The average Bonchev–Trinajstić information content (AvgIpc) is 2.71. The standard InChI is InChI=1S/C13H22N3O3.V/c1-14-10(12(18)19-2)7-9-8-13(16-11(9)17)3-5-15-6-4-13;/h9-10,14H,3-8H2,1-2H3,(H,16,17);/q-1;. The number of nitrogens with one attached hydrogen (secondary N) is 2. The predicted octanol–water partition coefficient (Wildman–Crippen LogP) is 0.177. The third-order valence-electron chi connectivity index (χ3n) is 4.25. The van der Waals surface area contributed by atoms with Crippen LogP contribution in [0.15, 0.2) is 0 Å². The van der Waals surface area contributed by atoms with Crippen LogP contribution >= 0.6 is 0 Å². The number of likely N-dealkylation sites (N-methyl/N-ethyl adjacent to an activating group) is 1. The Morgan fingerprint density at radius 3 is 2.75 bits per heavy atom. The largest absolute Gasteiger partial charge is 0.662 e. The number of hydrogen-bond acceptors (Lipinski definition) is 4. The Labute approximate surface area is 131 Å². The number of carbonyl (C=O) groups excluding carboxylic acids is 2. The molecule has 6 nitrogen and oxygen atoms in total. The molecule has 2 aliphatic rings. The van der Waals surface area contributed by atoms with Gasteiger partial charge in [-0.05, 0) is 32.7 Å². The molecule has 2 fully saturated rings. The number of piperidine rings is 1. The summed E-state index contributed by atoms with van der Waals surface area (Å²) in [4.78, 5) is 23.7. The van der Waals surface area contributed by atoms with Gasteiger partial charge in [-0.15, -0.1) is 13.1 Å². The molecule has 0 saturated carbocycles. The summed E-state index contributed by atoms with van der Waals surface area (Å²) in [6.45, 7) is 1.64. The number of ether oxygens (including phenoxy) is 1. The molecule has 113 valence electrons. The van der Waals surface area contributed by atoms with Crippen molar-refractivity contribution in [1.82, 2.24) is 10.6 Å². The van der Waals surface area contributed by atoms with Crippen LogP contribution in [0.1, 0.15) is 25.7 Å². The van der Waals surface area contributed by atoms with E-state index in [9.17, 15) is 9.59 Å². The molecule has 1 radical (unpaired) electrons. The number of hydrogen-bond donors (Lipinski definition) is 2. The second-order valence-corrected chi connectivity index (χ2v) is 5.44. The molecule has 2 unspecified atom stereocenters. The zero-order chi connectivity index (χ0) is 13.9. The first kappa shape index (κ1) is 17.5. The van der Waals surface area contributed by atoms with E-state index in [1.54, 1.807) is 7.05 Å². The van der Waals surface area contributed by atoms with E-state index in [-0.39, 0.29) is 41.9 Å². The summed E-state index contributed by atoms with van der Waals surface area (Å²) in [6, 6.07) is -0.413. The van der Waals surface area contributed by atoms with Crippen molar-refractivity contribution in [2.75, 3.05) is 27.2 Å². The third kappa shape index (κ3) is 3.75. The summed E-state index contributed by atoms with van der Waals surface area (Å²) in [7, 11) is 3.08. The summed E-state index contributed by atoms with van der Waals surface area (Å²) >= 11 is 0. The topological polar surface area (TPSA) is 81.5 Å². The van der Waals surface area contributed by atoms with Crippen molar-refractivity contribution < 1.29 is 32.9 Å². The molecule has 2 aliphatic heterocycles. The van der Waals surface area contributed by atoms with Crippen molar-refractivity contribution in [2.45, 2.75) is 37.3 Å². The molecule has 0 aromatic rings. The Bertz CT molecular complexity index is 359. The van der Waals surface area contributed by atoms with Gasteiger partial charge in [-0.25, -0.2) is 0 Å². The first-order valence-electron chi connectivity index (χ1n) is 6.80. The monoisotopic (exact) mass is 319 g/mol. The third-order valence-corrected chi connectivity index (χ3v) is 4.25. The average molecular weight is 319 g/mol. The minimum absolute atomic E-state index is 0. The van der Waals surface area contributed by atoms with E-state index in [0.717, 1.165) is 32.4 Å². The quantitative estimate of drug-likeness (QED) is 0.724. The van der Waals surface area contributed by atoms with E-state index in [4.69, 9.17) is 4.74 Å². The smallest absolute Gasteiger partial charge is 0.322 e. The first-order valence-corrected chi connectivity index (χ1v) is 6.80. The van der Waals surface area contributed by atoms with Gasteiger partial charge in [0.25, 0.3) is 0 Å². The van der Waals surface area contributed by atoms with Crippen LogP contribution in [-0.2, 0) is 32.9 Å². The maximum atomic E-state index is 12.1. The molecule has 2 rings (SSSR count). The van der Waals surface area contributed by atoms with Crippen LogP contribution in [0.3, 0.4) is 0 Å². The van der Waals surface area contributed by atoms with E-state index in [2.05, 4.69) is 16.0 Å². The molecule has 2 atom stereocenters. The summed E-state index contributed by atoms with van der Waals surface area (Å²) in [5.41, 5.74) is -0.0854. The molecule has 2 saturated heterocycles. The van der Waals surface area contributed by atoms with Gasteiger partial charge in [0, 0.05) is 30.0 Å². The Morgan fingerprint density at radius 1 is 1.55 bits per heavy atom. The van der Waals surface area contributed by atoms with Crippen molar-refractivity contribution in [3.63, 3.8) is 0 Å². The van der Waals surface area contributed by atoms with Crippen molar-refractivity contribution in [3.8, 4) is 0 Å². The van der Waals surface area contributed by atoms with Gasteiger partial charge >= 0.3 is 5.97 Å². The normalized spacial score (nSPS) is 25.7. The zero-order valence-electron chi connectivity index (χ0n) is 12.0. The van der Waals surface area contributed by atoms with Crippen LogP contribution in [-0.4, -0.2) is 50.7 Å². The summed E-state index contributed by atoms with van der Waals surface area (Å²) in [6.07, 6.45) is 3.12. The van der Waals surface area contributed by atoms with Gasteiger partial charge in [0.1, 0.15) is 6.04 Å². The van der Waals surface area contributed by atoms with Gasteiger partial charge < -0.3 is 20.7 Å². The van der Waals surface area contributed by atoms with E-state index < -0.39 is 6.04 Å². The predicted molar refractivity (Wildman–Crippen MR) is 70.8 cm³/mol. The van der Waals surface area contributed by atoms with Crippen molar-refractivity contribution in [1.29, 1.82) is 0 Å². The maximum absolute atomic E-state index is 12.1. The van der Waals surface area contributed by atoms with Gasteiger partial charge in [-0.3, -0.25) is 9.59 Å². The van der Waals surface area contributed by atoms with Crippen LogP contribution in [0.2, 0.25) is 0 Å². The number of methoxy groups -OCH3 is 1. The molecule has 2 N–H and O–H groups in total. The molecule has 7 heteroatoms. The number of nitrogens with zero attached hydrogens (tertiary/aromatic N) is 1. The molecule has 0 aliphatic carbocycles. The second-order valence-electron chi connectivity index (χ2n) is 5.44. The van der Waals surface area contributed by atoms with Gasteiger partial charge in [0.15, 0.2) is 0 Å². The van der Waals surface area contributed by atoms with E-state index in [1.807, 2.05) is 0 Å². The Hall–Kier alpha value is -0.556. The fourth-order valence-corrected chi connectivity index (χ4v) is 3.08. The van der Waals surface area contributed by atoms with Crippen LogP contribution < -0.4 is 10.6 Å². The first-order chi connectivity index (χ1) is 9.10. The van der Waals surface area contributed by atoms with Crippen LogP contribution in [0.25, 0.3) is 5.32 Å². The Balaban J connectivity index is 0.00000200. The summed E-state index contributed by atoms with van der Waals surface area (Å²) < 4.78 is 4.74. The van der Waals surface area contributed by atoms with Gasteiger partial charge in [-0.1, -0.05) is 0 Å². The number of rotatable bonds is 4. The van der Waals surface area contributed by atoms with Crippen LogP contribution in [0.4, 0.5) is 0 Å². The van der Waals surface area contributed by atoms with Gasteiger partial charge in [0.2, 0.25) is 5.91 Å². The van der Waals surface area contributed by atoms with Crippen LogP contribution in [0, 0.1) is 5.92 Å². The second kappa shape index (κ2) is 7.45. The molecule has 0 aromatic carbocycles. The number of carbonyl (C=O) groups is 2. The maximum Gasteiger partial charge on any atom is 0.322 e. The van der Waals surface area contributed by atoms with Gasteiger partial charge in [-0.2, -0.15) is 0 Å². The van der Waals surface area contributed by atoms with Crippen molar-refractivity contribution >= 4 is 11.9 Å². The number of esters is 1. The van der Waals surface area contributed by atoms with Crippen molar-refractivity contribution in [3.05, 3.63) is 5.32 Å². The van der Waals surface area contributed by atoms with E-state index >= 15 is 0 Å². The Morgan fingerprint density at radius 2 is 2.20 bits per heavy atom. The molecular formula is C13H22N3O3V-. The van der Waals surface area contributed by atoms with Crippen LogP contribution in [0.5, 0.6) is 0 Å².